The van der Waals surface area contributed by atoms with Crippen molar-refractivity contribution in [3.8, 4) is 16.9 Å². The number of ether oxygens (including phenoxy) is 1. The number of fused-ring (bicyclic) bond motifs is 3. The second-order valence-corrected chi connectivity index (χ2v) is 8.16. The molecule has 0 aliphatic rings. The Labute approximate surface area is 201 Å². The van der Waals surface area contributed by atoms with Crippen molar-refractivity contribution in [3.63, 3.8) is 0 Å². The molecule has 1 amide bonds. The molecule has 0 saturated carbocycles. The number of nitrogens with two attached hydrogens (primary N) is 1. The number of nitrogens with zero attached hydrogens (tertiary/aromatic N) is 1. The molecular weight excluding hydrogens is 479 g/mol. The number of hydrogen-bond donors (Lipinski definition) is 1. The predicted molar refractivity (Wildman–Crippen MR) is 125 cm³/mol. The summed E-state index contributed by atoms with van der Waals surface area (Å²) in [6.07, 6.45) is 0. The average Bonchev–Trinajstić information content (AvgIpc) is 3.21. The van der Waals surface area contributed by atoms with Crippen molar-refractivity contribution in [1.82, 2.24) is 4.57 Å². The monoisotopic (exact) mass is 496 g/mol. The van der Waals surface area contributed by atoms with Crippen LogP contribution in [0.1, 0.15) is 15.9 Å². The van der Waals surface area contributed by atoms with Crippen molar-refractivity contribution in [2.24, 2.45) is 5.73 Å². The van der Waals surface area contributed by atoms with Gasteiger partial charge < -0.3 is 15.0 Å². The number of carbonyl (C=O) groups excluding carboxylic acids is 1. The van der Waals surface area contributed by atoms with Crippen LogP contribution in [0, 0.1) is 29.1 Å². The standard InChI is InChI=1S/C27H17F5N2O2/c1-36-15-8-5-13(6-9-15)14-7-10-16-20(11-14)34(19-4-2-3-17(21(16)19)27(33)35)12-18-22(28)24(30)26(32)25(31)23(18)29/h2-11H,12H2,1H3,(H2,33,35). The first-order valence-corrected chi connectivity index (χ1v) is 10.7. The van der Waals surface area contributed by atoms with Gasteiger partial charge in [0.25, 0.3) is 0 Å². The highest BCUT2D eigenvalue weighted by atomic mass is 19.2. The lowest BCUT2D eigenvalue weighted by Crippen LogP contribution is -2.12. The normalized spacial score (nSPS) is 11.4. The maximum atomic E-state index is 14.6. The van der Waals surface area contributed by atoms with Gasteiger partial charge in [-0.15, -0.1) is 0 Å². The largest absolute Gasteiger partial charge is 0.497 e. The van der Waals surface area contributed by atoms with E-state index in [0.29, 0.717) is 33.1 Å². The predicted octanol–water partition coefficient (Wildman–Crippen LogP) is 6.31. The SMILES string of the molecule is COc1ccc(-c2ccc3c4c(C(N)=O)cccc4n(Cc4c(F)c(F)c(F)c(F)c4F)c3c2)cc1. The minimum Gasteiger partial charge on any atom is -0.497 e. The molecule has 1 heterocycles. The molecule has 4 aromatic carbocycles. The Morgan fingerprint density at radius 2 is 1.42 bits per heavy atom. The molecule has 0 aliphatic heterocycles. The summed E-state index contributed by atoms with van der Waals surface area (Å²) in [4.78, 5) is 12.2. The highest BCUT2D eigenvalue weighted by molar-refractivity contribution is 6.18. The summed E-state index contributed by atoms with van der Waals surface area (Å²) in [6.45, 7) is -0.680. The van der Waals surface area contributed by atoms with Crippen molar-refractivity contribution >= 4 is 27.7 Å². The van der Waals surface area contributed by atoms with E-state index in [0.717, 1.165) is 5.56 Å². The molecule has 0 aliphatic carbocycles. The fourth-order valence-electron chi connectivity index (χ4n) is 4.43. The van der Waals surface area contributed by atoms with E-state index in [1.165, 1.54) is 23.8 Å². The summed E-state index contributed by atoms with van der Waals surface area (Å²) >= 11 is 0. The van der Waals surface area contributed by atoms with Gasteiger partial charge in [-0.2, -0.15) is 0 Å². The molecule has 0 bridgehead atoms. The number of rotatable bonds is 5. The minimum absolute atomic E-state index is 0.158. The molecule has 4 nitrogen and oxygen atoms in total. The van der Waals surface area contributed by atoms with Crippen LogP contribution < -0.4 is 10.5 Å². The fraction of sp³-hybridized carbons (Fsp3) is 0.0741. The first kappa shape index (κ1) is 23.3. The Balaban J connectivity index is 1.81. The second kappa shape index (κ2) is 8.67. The molecule has 182 valence electrons. The van der Waals surface area contributed by atoms with Gasteiger partial charge in [0.05, 0.1) is 24.7 Å². The molecule has 0 saturated heterocycles. The van der Waals surface area contributed by atoms with Crippen LogP contribution >= 0.6 is 0 Å². The smallest absolute Gasteiger partial charge is 0.249 e. The molecule has 0 spiro atoms. The Morgan fingerprint density at radius 1 is 0.806 bits per heavy atom. The van der Waals surface area contributed by atoms with Crippen molar-refractivity contribution in [3.05, 3.63) is 101 Å². The summed E-state index contributed by atoms with van der Waals surface area (Å²) in [5.74, 6) is -10.2. The zero-order chi connectivity index (χ0) is 25.7. The quantitative estimate of drug-likeness (QED) is 0.176. The van der Waals surface area contributed by atoms with Gasteiger partial charge in [-0.05, 0) is 41.5 Å². The van der Waals surface area contributed by atoms with Crippen molar-refractivity contribution in [2.45, 2.75) is 6.54 Å². The van der Waals surface area contributed by atoms with Gasteiger partial charge in [0.2, 0.25) is 11.7 Å². The highest BCUT2D eigenvalue weighted by Gasteiger charge is 2.27. The number of aromatic nitrogens is 1. The molecule has 2 N–H and O–H groups in total. The molecule has 0 fully saturated rings. The fourth-order valence-corrected chi connectivity index (χ4v) is 4.43. The van der Waals surface area contributed by atoms with E-state index in [2.05, 4.69) is 0 Å². The Kier molecular flexibility index (Phi) is 5.62. The molecule has 1 aromatic heterocycles. The minimum atomic E-state index is -2.23. The Morgan fingerprint density at radius 3 is 2.03 bits per heavy atom. The summed E-state index contributed by atoms with van der Waals surface area (Å²) in [5, 5.41) is 0.936. The van der Waals surface area contributed by atoms with E-state index in [9.17, 15) is 26.7 Å². The number of carbonyl (C=O) groups is 1. The maximum Gasteiger partial charge on any atom is 0.249 e. The van der Waals surface area contributed by atoms with E-state index in [4.69, 9.17) is 10.5 Å². The number of methoxy groups -OCH3 is 1. The van der Waals surface area contributed by atoms with Crippen LogP contribution in [0.15, 0.2) is 60.7 Å². The third-order valence-electron chi connectivity index (χ3n) is 6.20. The van der Waals surface area contributed by atoms with Gasteiger partial charge in [-0.25, -0.2) is 22.0 Å². The van der Waals surface area contributed by atoms with E-state index in [1.54, 1.807) is 36.4 Å². The number of primary amides is 1. The van der Waals surface area contributed by atoms with Gasteiger partial charge in [0.1, 0.15) is 5.75 Å². The van der Waals surface area contributed by atoms with Crippen LogP contribution in [-0.2, 0) is 6.54 Å². The summed E-state index contributed by atoms with van der Waals surface area (Å²) < 4.78 is 77.3. The van der Waals surface area contributed by atoms with Crippen molar-refractivity contribution < 1.29 is 31.5 Å². The lowest BCUT2D eigenvalue weighted by molar-refractivity contribution is 0.100. The van der Waals surface area contributed by atoms with Crippen molar-refractivity contribution in [1.29, 1.82) is 0 Å². The maximum absolute atomic E-state index is 14.6. The first-order valence-electron chi connectivity index (χ1n) is 10.7. The average molecular weight is 496 g/mol. The zero-order valence-electron chi connectivity index (χ0n) is 18.7. The van der Waals surface area contributed by atoms with E-state index >= 15 is 0 Å². The van der Waals surface area contributed by atoms with Gasteiger partial charge in [-0.1, -0.05) is 30.3 Å². The molecule has 36 heavy (non-hydrogen) atoms. The number of hydrogen-bond acceptors (Lipinski definition) is 2. The third kappa shape index (κ3) is 3.55. The van der Waals surface area contributed by atoms with Gasteiger partial charge in [-0.3, -0.25) is 4.79 Å². The van der Waals surface area contributed by atoms with Gasteiger partial charge >= 0.3 is 0 Å². The van der Waals surface area contributed by atoms with Crippen LogP contribution in [0.5, 0.6) is 5.75 Å². The third-order valence-corrected chi connectivity index (χ3v) is 6.20. The molecule has 0 radical (unpaired) electrons. The zero-order valence-corrected chi connectivity index (χ0v) is 18.7. The number of benzene rings is 4. The topological polar surface area (TPSA) is 57.2 Å². The Hall–Kier alpha value is -4.40. The van der Waals surface area contributed by atoms with Crippen LogP contribution in [0.2, 0.25) is 0 Å². The second-order valence-electron chi connectivity index (χ2n) is 8.16. The van der Waals surface area contributed by atoms with Crippen molar-refractivity contribution in [2.75, 3.05) is 7.11 Å². The summed E-state index contributed by atoms with van der Waals surface area (Å²) in [5.41, 5.74) is 6.99. The van der Waals surface area contributed by atoms with Gasteiger partial charge in [0, 0.05) is 21.9 Å². The first-order chi connectivity index (χ1) is 17.2. The molecule has 0 atom stereocenters. The molecule has 9 heteroatoms. The van der Waals surface area contributed by atoms with Gasteiger partial charge in [0.15, 0.2) is 23.3 Å². The summed E-state index contributed by atoms with van der Waals surface area (Å²) in [6, 6.07) is 17.0. The number of amides is 1. The molecule has 5 aromatic rings. The summed E-state index contributed by atoms with van der Waals surface area (Å²) in [7, 11) is 1.54. The molecular formula is C27H17F5N2O2. The lowest BCUT2D eigenvalue weighted by Gasteiger charge is -2.12. The van der Waals surface area contributed by atoms with E-state index in [-0.39, 0.29) is 5.56 Å². The Bertz CT molecular complexity index is 1650. The molecule has 5 rings (SSSR count). The lowest BCUT2D eigenvalue weighted by atomic mass is 10.0. The molecule has 0 unspecified atom stereocenters. The van der Waals surface area contributed by atoms with Crippen LogP contribution in [0.25, 0.3) is 32.9 Å². The van der Waals surface area contributed by atoms with E-state index in [1.807, 2.05) is 12.1 Å². The van der Waals surface area contributed by atoms with Crippen LogP contribution in [0.4, 0.5) is 22.0 Å². The highest BCUT2D eigenvalue weighted by Crippen LogP contribution is 2.36. The van der Waals surface area contributed by atoms with E-state index < -0.39 is 47.1 Å². The van der Waals surface area contributed by atoms with Crippen LogP contribution in [0.3, 0.4) is 0 Å². The number of halogens is 5. The van der Waals surface area contributed by atoms with Crippen LogP contribution in [-0.4, -0.2) is 17.6 Å².